The molecule has 0 amide bonds. The minimum absolute atomic E-state index is 0.0683. The van der Waals surface area contributed by atoms with Crippen LogP contribution < -0.4 is 9.47 Å². The molecule has 1 aromatic carbocycles. The molecule has 10 heteroatoms. The Hall–Kier alpha value is -3.30. The Morgan fingerprint density at radius 1 is 1.20 bits per heavy atom. The molecule has 7 nitrogen and oxygen atoms in total. The number of imidazole rings is 1. The largest absolute Gasteiger partial charge is 0.493 e. The molecule has 0 spiro atoms. The molecule has 35 heavy (non-hydrogen) atoms. The molecule has 0 bridgehead atoms. The van der Waals surface area contributed by atoms with Gasteiger partial charge in [0, 0.05) is 12.3 Å². The summed E-state index contributed by atoms with van der Waals surface area (Å²) in [7, 11) is 0. The summed E-state index contributed by atoms with van der Waals surface area (Å²) in [5.41, 5.74) is 2.55. The number of pyridine rings is 1. The number of hydrogen-bond acceptors (Lipinski definition) is 5. The van der Waals surface area contributed by atoms with Crippen LogP contribution in [0.2, 0.25) is 0 Å². The number of carbonyl (C=O) groups is 1. The van der Waals surface area contributed by atoms with E-state index in [1.165, 1.54) is 32.1 Å². The Kier molecular flexibility index (Phi) is 8.95. The Bertz CT molecular complexity index is 1080. The first kappa shape index (κ1) is 26.3. The van der Waals surface area contributed by atoms with Crippen LogP contribution in [-0.2, 0) is 4.79 Å². The zero-order chi connectivity index (χ0) is 25.4. The second-order valence-corrected chi connectivity index (χ2v) is 8.73. The Labute approximate surface area is 201 Å². The summed E-state index contributed by atoms with van der Waals surface area (Å²) in [6, 6.07) is 9.85. The molecule has 0 unspecified atom stereocenters. The number of carboxylic acid groups (broad SMARTS) is 1. The second-order valence-electron chi connectivity index (χ2n) is 8.73. The molecule has 2 N–H and O–H groups in total. The van der Waals surface area contributed by atoms with Crippen molar-refractivity contribution in [3.8, 4) is 22.9 Å². The normalized spacial score (nSPS) is 14.5. The molecule has 0 saturated heterocycles. The van der Waals surface area contributed by atoms with Crippen molar-refractivity contribution in [1.82, 2.24) is 15.0 Å². The molecule has 1 aliphatic rings. The molecule has 0 atom stereocenters. The van der Waals surface area contributed by atoms with E-state index in [0.29, 0.717) is 0 Å². The molecule has 2 aromatic heterocycles. The molecule has 1 aliphatic carbocycles. The molecular formula is C25H30F3N3O4. The number of hydrogen-bond donors (Lipinski definition) is 2. The average Bonchev–Trinajstić information content (AvgIpc) is 3.23. The highest BCUT2D eigenvalue weighted by Crippen LogP contribution is 2.34. The smallest absolute Gasteiger partial charge is 0.490 e. The van der Waals surface area contributed by atoms with Gasteiger partial charge in [-0.3, -0.25) is 0 Å². The van der Waals surface area contributed by atoms with Gasteiger partial charge < -0.3 is 19.6 Å². The predicted octanol–water partition coefficient (Wildman–Crippen LogP) is 6.39. The Morgan fingerprint density at radius 3 is 2.54 bits per heavy atom. The average molecular weight is 494 g/mol. The summed E-state index contributed by atoms with van der Waals surface area (Å²) < 4.78 is 43.9. The summed E-state index contributed by atoms with van der Waals surface area (Å²) in [5, 5.41) is 7.12. The van der Waals surface area contributed by atoms with Gasteiger partial charge >= 0.3 is 12.1 Å². The summed E-state index contributed by atoms with van der Waals surface area (Å²) in [6.45, 7) is 4.82. The van der Waals surface area contributed by atoms with Gasteiger partial charge in [-0.1, -0.05) is 32.1 Å². The van der Waals surface area contributed by atoms with Gasteiger partial charge in [0.15, 0.2) is 5.65 Å². The van der Waals surface area contributed by atoms with Crippen molar-refractivity contribution >= 4 is 17.1 Å². The van der Waals surface area contributed by atoms with E-state index < -0.39 is 12.1 Å². The van der Waals surface area contributed by atoms with Crippen LogP contribution in [0, 0.1) is 5.92 Å². The number of carboxylic acids is 1. The lowest BCUT2D eigenvalue weighted by molar-refractivity contribution is -0.192. The maximum absolute atomic E-state index is 10.6. The highest BCUT2D eigenvalue weighted by molar-refractivity contribution is 5.77. The van der Waals surface area contributed by atoms with Crippen LogP contribution in [0.15, 0.2) is 36.5 Å². The lowest BCUT2D eigenvalue weighted by atomic mass is 9.87. The van der Waals surface area contributed by atoms with Gasteiger partial charge in [0.2, 0.25) is 0 Å². The second kappa shape index (κ2) is 11.9. The number of H-pyrrole nitrogens is 1. The molecule has 0 radical (unpaired) electrons. The molecular weight excluding hydrogens is 463 g/mol. The first-order valence-corrected chi connectivity index (χ1v) is 11.7. The predicted molar refractivity (Wildman–Crippen MR) is 125 cm³/mol. The van der Waals surface area contributed by atoms with Crippen LogP contribution in [-0.4, -0.2) is 44.9 Å². The number of benzene rings is 1. The van der Waals surface area contributed by atoms with Crippen LogP contribution >= 0.6 is 0 Å². The number of nitrogens with one attached hydrogen (secondary N) is 1. The number of fused-ring (bicyclic) bond motifs is 1. The van der Waals surface area contributed by atoms with Gasteiger partial charge in [-0.2, -0.15) is 13.2 Å². The molecule has 1 fully saturated rings. The number of nitrogens with zero attached hydrogens (tertiary/aromatic N) is 2. The van der Waals surface area contributed by atoms with Gasteiger partial charge in [0.25, 0.3) is 0 Å². The van der Waals surface area contributed by atoms with Gasteiger partial charge in [-0.15, -0.1) is 0 Å². The van der Waals surface area contributed by atoms with Gasteiger partial charge in [0.05, 0.1) is 18.3 Å². The number of aromatic amines is 1. The Morgan fingerprint density at radius 2 is 1.91 bits per heavy atom. The van der Waals surface area contributed by atoms with Crippen LogP contribution in [0.25, 0.3) is 22.6 Å². The molecule has 3 aromatic rings. The number of rotatable bonds is 7. The number of aliphatic carboxylic acids is 1. The molecule has 190 valence electrons. The van der Waals surface area contributed by atoms with Crippen molar-refractivity contribution in [3.05, 3.63) is 36.5 Å². The monoisotopic (exact) mass is 493 g/mol. The van der Waals surface area contributed by atoms with Gasteiger partial charge in [0.1, 0.15) is 22.8 Å². The fraction of sp³-hybridized carbons (Fsp3) is 0.480. The third kappa shape index (κ3) is 7.87. The number of ether oxygens (including phenoxy) is 2. The SMILES string of the molecule is CC(C)Oc1cc(OCCC2CCCCC2)ccc1-c1nc2cccnc2[nH]1.O=C(O)C(F)(F)F. The van der Waals surface area contributed by atoms with Crippen molar-refractivity contribution < 1.29 is 32.5 Å². The van der Waals surface area contributed by atoms with Crippen LogP contribution in [0.3, 0.4) is 0 Å². The van der Waals surface area contributed by atoms with Crippen LogP contribution in [0.4, 0.5) is 13.2 Å². The summed E-state index contributed by atoms with van der Waals surface area (Å²) in [4.78, 5) is 21.2. The maximum atomic E-state index is 10.6. The number of aromatic nitrogens is 3. The summed E-state index contributed by atoms with van der Waals surface area (Å²) in [6.07, 6.45) is 4.73. The van der Waals surface area contributed by atoms with E-state index >= 15 is 0 Å². The number of alkyl halides is 3. The van der Waals surface area contributed by atoms with Crippen molar-refractivity contribution in [2.24, 2.45) is 5.92 Å². The highest BCUT2D eigenvalue weighted by atomic mass is 19.4. The van der Waals surface area contributed by atoms with E-state index in [9.17, 15) is 13.2 Å². The third-order valence-corrected chi connectivity index (χ3v) is 5.59. The van der Waals surface area contributed by atoms with E-state index in [4.69, 9.17) is 19.4 Å². The minimum atomic E-state index is -5.08. The fourth-order valence-electron chi connectivity index (χ4n) is 3.93. The topological polar surface area (TPSA) is 97.3 Å². The van der Waals surface area contributed by atoms with E-state index in [1.807, 2.05) is 44.2 Å². The van der Waals surface area contributed by atoms with Crippen LogP contribution in [0.1, 0.15) is 52.4 Å². The van der Waals surface area contributed by atoms with Crippen molar-refractivity contribution in [2.75, 3.05) is 6.61 Å². The minimum Gasteiger partial charge on any atom is -0.493 e. The molecule has 2 heterocycles. The standard InChI is InChI=1S/C23H29N3O2.C2HF3O2/c1-16(2)28-21-15-18(27-14-12-17-7-4-3-5-8-17)10-11-19(21)22-25-20-9-6-13-24-23(20)26-22;3-2(4,5)1(6)7/h6,9-11,13,15-17H,3-5,7-8,12,14H2,1-2H3,(H,24,25,26);(H,6,7). The maximum Gasteiger partial charge on any atom is 0.490 e. The lowest BCUT2D eigenvalue weighted by Gasteiger charge is -2.21. The third-order valence-electron chi connectivity index (χ3n) is 5.59. The van der Waals surface area contributed by atoms with E-state index in [2.05, 4.69) is 15.0 Å². The van der Waals surface area contributed by atoms with Gasteiger partial charge in [-0.05, 0) is 50.5 Å². The first-order valence-electron chi connectivity index (χ1n) is 11.7. The fourth-order valence-corrected chi connectivity index (χ4v) is 3.93. The van der Waals surface area contributed by atoms with Crippen molar-refractivity contribution in [2.45, 2.75) is 64.7 Å². The van der Waals surface area contributed by atoms with E-state index in [0.717, 1.165) is 53.0 Å². The molecule has 0 aliphatic heterocycles. The van der Waals surface area contributed by atoms with Crippen LogP contribution in [0.5, 0.6) is 11.5 Å². The zero-order valence-electron chi connectivity index (χ0n) is 19.8. The van der Waals surface area contributed by atoms with Crippen molar-refractivity contribution in [3.63, 3.8) is 0 Å². The lowest BCUT2D eigenvalue weighted by Crippen LogP contribution is -2.21. The Balaban J connectivity index is 0.000000429. The van der Waals surface area contributed by atoms with Crippen molar-refractivity contribution in [1.29, 1.82) is 0 Å². The first-order chi connectivity index (χ1) is 16.6. The van der Waals surface area contributed by atoms with Gasteiger partial charge in [-0.25, -0.2) is 14.8 Å². The number of halogens is 3. The quantitative estimate of drug-likeness (QED) is 0.396. The summed E-state index contributed by atoms with van der Waals surface area (Å²) in [5.74, 6) is 0.460. The zero-order valence-corrected chi connectivity index (χ0v) is 19.8. The summed E-state index contributed by atoms with van der Waals surface area (Å²) >= 11 is 0. The highest BCUT2D eigenvalue weighted by Gasteiger charge is 2.38. The van der Waals surface area contributed by atoms with E-state index in [1.54, 1.807) is 6.20 Å². The molecule has 1 saturated carbocycles. The molecule has 4 rings (SSSR count). The van der Waals surface area contributed by atoms with E-state index in [-0.39, 0.29) is 6.10 Å².